The number of rotatable bonds is 3. The zero-order chi connectivity index (χ0) is 15.0. The number of nitrogens with zero attached hydrogens (tertiary/aromatic N) is 2. The molecule has 2 unspecified atom stereocenters. The summed E-state index contributed by atoms with van der Waals surface area (Å²) < 4.78 is 1.98. The lowest BCUT2D eigenvalue weighted by molar-refractivity contribution is 0.182. The van der Waals surface area contributed by atoms with Crippen molar-refractivity contribution in [3.63, 3.8) is 0 Å². The summed E-state index contributed by atoms with van der Waals surface area (Å²) in [5, 5.41) is 6.00. The Morgan fingerprint density at radius 1 is 1.38 bits per heavy atom. The maximum absolute atomic E-state index is 6.77. The first kappa shape index (κ1) is 14.6. The lowest BCUT2D eigenvalue weighted by Gasteiger charge is -2.39. The van der Waals surface area contributed by atoms with Gasteiger partial charge in [-0.05, 0) is 30.7 Å². The van der Waals surface area contributed by atoms with E-state index in [1.807, 2.05) is 11.7 Å². The van der Waals surface area contributed by atoms with E-state index in [0.29, 0.717) is 0 Å². The highest BCUT2D eigenvalue weighted by Gasteiger charge is 2.35. The highest BCUT2D eigenvalue weighted by Crippen LogP contribution is 2.37. The van der Waals surface area contributed by atoms with E-state index in [2.05, 4.69) is 38.1 Å². The van der Waals surface area contributed by atoms with E-state index in [4.69, 9.17) is 10.8 Å². The molecular weight excluding hydrogens is 258 g/mol. The zero-order valence-electron chi connectivity index (χ0n) is 13.5. The molecule has 1 aromatic carbocycles. The minimum absolute atomic E-state index is 0.0791. The molecule has 1 saturated carbocycles. The minimum Gasteiger partial charge on any atom is -0.325 e. The molecule has 1 fully saturated rings. The van der Waals surface area contributed by atoms with Crippen LogP contribution >= 0.6 is 0 Å². The van der Waals surface area contributed by atoms with Gasteiger partial charge in [0.2, 0.25) is 0 Å². The van der Waals surface area contributed by atoms with Gasteiger partial charge in [0.15, 0.2) is 0 Å². The summed E-state index contributed by atoms with van der Waals surface area (Å²) in [4.78, 5) is 0. The maximum atomic E-state index is 6.77. The fourth-order valence-electron chi connectivity index (χ4n) is 3.92. The molecule has 1 aliphatic rings. The first-order chi connectivity index (χ1) is 9.98. The van der Waals surface area contributed by atoms with Crippen molar-refractivity contribution in [2.45, 2.75) is 51.5 Å². The Morgan fingerprint density at radius 3 is 2.90 bits per heavy atom. The van der Waals surface area contributed by atoms with Crippen molar-refractivity contribution in [2.75, 3.05) is 0 Å². The molecule has 2 aromatic rings. The molecular formula is C18H27N3. The Labute approximate surface area is 127 Å². The van der Waals surface area contributed by atoms with E-state index in [9.17, 15) is 0 Å². The molecule has 1 aliphatic carbocycles. The van der Waals surface area contributed by atoms with Crippen LogP contribution < -0.4 is 5.73 Å². The molecule has 0 aliphatic heterocycles. The van der Waals surface area contributed by atoms with Crippen LogP contribution in [0.4, 0.5) is 0 Å². The Morgan fingerprint density at radius 2 is 2.14 bits per heavy atom. The molecule has 3 heteroatoms. The van der Waals surface area contributed by atoms with Gasteiger partial charge in [-0.2, -0.15) is 5.10 Å². The average Bonchev–Trinajstić information content (AvgIpc) is 2.75. The molecule has 0 amide bonds. The fraction of sp³-hybridized carbons (Fsp3) is 0.611. The summed E-state index contributed by atoms with van der Waals surface area (Å²) in [7, 11) is 2.02. The standard InChI is InChI=1S/C18H27N3/c1-13(2)14-7-6-10-18(19,11-14)12-16-15-8-4-5-9-17(15)21(3)20-16/h4-5,8-9,13-14H,6-7,10-12,19H2,1-3H3. The van der Waals surface area contributed by atoms with Gasteiger partial charge in [0.05, 0.1) is 11.2 Å². The van der Waals surface area contributed by atoms with Crippen LogP contribution in [-0.4, -0.2) is 15.3 Å². The molecule has 2 N–H and O–H groups in total. The number of fused-ring (bicyclic) bond motifs is 1. The van der Waals surface area contributed by atoms with Crippen LogP contribution in [0.3, 0.4) is 0 Å². The van der Waals surface area contributed by atoms with Gasteiger partial charge in [-0.15, -0.1) is 0 Å². The third-order valence-electron chi connectivity index (χ3n) is 5.21. The van der Waals surface area contributed by atoms with Crippen LogP contribution in [0.25, 0.3) is 10.9 Å². The Bertz CT molecular complexity index is 628. The van der Waals surface area contributed by atoms with Gasteiger partial charge in [-0.1, -0.05) is 44.9 Å². The largest absolute Gasteiger partial charge is 0.325 e. The second kappa shape index (κ2) is 5.45. The third kappa shape index (κ3) is 2.84. The molecule has 3 nitrogen and oxygen atoms in total. The normalized spacial score (nSPS) is 26.6. The lowest BCUT2D eigenvalue weighted by Crippen LogP contribution is -2.47. The second-order valence-electron chi connectivity index (χ2n) is 7.23. The van der Waals surface area contributed by atoms with Crippen LogP contribution in [0.5, 0.6) is 0 Å². The number of nitrogens with two attached hydrogens (primary N) is 1. The van der Waals surface area contributed by atoms with E-state index in [-0.39, 0.29) is 5.54 Å². The lowest BCUT2D eigenvalue weighted by atomic mass is 9.70. The summed E-state index contributed by atoms with van der Waals surface area (Å²) in [6.07, 6.45) is 5.75. The summed E-state index contributed by atoms with van der Waals surface area (Å²) in [5.74, 6) is 1.49. The SMILES string of the molecule is CC(C)C1CCCC(N)(Cc2nn(C)c3ccccc23)C1. The van der Waals surface area contributed by atoms with Crippen LogP contribution in [-0.2, 0) is 13.5 Å². The van der Waals surface area contributed by atoms with Crippen molar-refractivity contribution in [1.29, 1.82) is 0 Å². The van der Waals surface area contributed by atoms with Crippen molar-refractivity contribution in [2.24, 2.45) is 24.6 Å². The van der Waals surface area contributed by atoms with E-state index in [0.717, 1.165) is 31.1 Å². The van der Waals surface area contributed by atoms with Gasteiger partial charge < -0.3 is 5.73 Å². The fourth-order valence-corrected chi connectivity index (χ4v) is 3.92. The van der Waals surface area contributed by atoms with Crippen LogP contribution in [0, 0.1) is 11.8 Å². The van der Waals surface area contributed by atoms with Gasteiger partial charge in [0.1, 0.15) is 0 Å². The van der Waals surface area contributed by atoms with Crippen LogP contribution in [0.1, 0.15) is 45.2 Å². The highest BCUT2D eigenvalue weighted by molar-refractivity contribution is 5.81. The monoisotopic (exact) mass is 285 g/mol. The first-order valence-corrected chi connectivity index (χ1v) is 8.18. The predicted octanol–water partition coefficient (Wildman–Crippen LogP) is 3.66. The number of hydrogen-bond acceptors (Lipinski definition) is 2. The summed E-state index contributed by atoms with van der Waals surface area (Å²) in [6, 6.07) is 8.46. The maximum Gasteiger partial charge on any atom is 0.0721 e. The molecule has 0 radical (unpaired) electrons. The predicted molar refractivity (Wildman–Crippen MR) is 88.1 cm³/mol. The van der Waals surface area contributed by atoms with Crippen molar-refractivity contribution in [3.05, 3.63) is 30.0 Å². The van der Waals surface area contributed by atoms with Gasteiger partial charge in [0.25, 0.3) is 0 Å². The molecule has 1 aromatic heterocycles. The van der Waals surface area contributed by atoms with Crippen LogP contribution in [0.2, 0.25) is 0 Å². The number of aryl methyl sites for hydroxylation is 1. The molecule has 0 saturated heterocycles. The summed E-state index contributed by atoms with van der Waals surface area (Å²) in [5.41, 5.74) is 9.06. The average molecular weight is 285 g/mol. The van der Waals surface area contributed by atoms with Crippen molar-refractivity contribution >= 4 is 10.9 Å². The molecule has 114 valence electrons. The number of aromatic nitrogens is 2. The topological polar surface area (TPSA) is 43.8 Å². The van der Waals surface area contributed by atoms with Crippen molar-refractivity contribution < 1.29 is 0 Å². The molecule has 0 bridgehead atoms. The van der Waals surface area contributed by atoms with Gasteiger partial charge in [0, 0.05) is 24.4 Å². The van der Waals surface area contributed by atoms with Gasteiger partial charge in [-0.3, -0.25) is 4.68 Å². The van der Waals surface area contributed by atoms with E-state index in [1.165, 1.54) is 29.4 Å². The van der Waals surface area contributed by atoms with Gasteiger partial charge >= 0.3 is 0 Å². The smallest absolute Gasteiger partial charge is 0.0721 e. The summed E-state index contributed by atoms with van der Waals surface area (Å²) >= 11 is 0. The number of hydrogen-bond donors (Lipinski definition) is 1. The minimum atomic E-state index is -0.0791. The molecule has 1 heterocycles. The van der Waals surface area contributed by atoms with E-state index >= 15 is 0 Å². The molecule has 0 spiro atoms. The Balaban J connectivity index is 1.87. The quantitative estimate of drug-likeness (QED) is 0.935. The third-order valence-corrected chi connectivity index (χ3v) is 5.21. The first-order valence-electron chi connectivity index (χ1n) is 8.18. The Kier molecular flexibility index (Phi) is 3.78. The Hall–Kier alpha value is -1.35. The van der Waals surface area contributed by atoms with Crippen LogP contribution in [0.15, 0.2) is 24.3 Å². The number of benzene rings is 1. The van der Waals surface area contributed by atoms with E-state index in [1.54, 1.807) is 0 Å². The van der Waals surface area contributed by atoms with E-state index < -0.39 is 0 Å². The highest BCUT2D eigenvalue weighted by atomic mass is 15.3. The zero-order valence-corrected chi connectivity index (χ0v) is 13.5. The molecule has 21 heavy (non-hydrogen) atoms. The number of para-hydroxylation sites is 1. The molecule has 3 rings (SSSR count). The molecule has 2 atom stereocenters. The summed E-state index contributed by atoms with van der Waals surface area (Å²) in [6.45, 7) is 4.65. The van der Waals surface area contributed by atoms with Gasteiger partial charge in [-0.25, -0.2) is 0 Å². The van der Waals surface area contributed by atoms with Crippen molar-refractivity contribution in [3.8, 4) is 0 Å². The second-order valence-corrected chi connectivity index (χ2v) is 7.23. The van der Waals surface area contributed by atoms with Crippen molar-refractivity contribution in [1.82, 2.24) is 9.78 Å².